The number of nitro benzene ring substituents is 1. The molecule has 26 heteroatoms. The first-order valence-electron chi connectivity index (χ1n) is 20.8. The van der Waals surface area contributed by atoms with Gasteiger partial charge >= 0.3 is 6.09 Å². The first-order valence-corrected chi connectivity index (χ1v) is 20.1. The summed E-state index contributed by atoms with van der Waals surface area (Å²) in [4.78, 5) is 106. The number of rotatable bonds is 34. The van der Waals surface area contributed by atoms with Crippen LogP contribution in [0.1, 0.15) is 20.6 Å². The van der Waals surface area contributed by atoms with Gasteiger partial charge < -0.3 is 58.2 Å². The van der Waals surface area contributed by atoms with E-state index < -0.39 is 54.3 Å². The van der Waals surface area contributed by atoms with Crippen molar-refractivity contribution < 1.29 is 72.7 Å². The fourth-order valence-corrected chi connectivity index (χ4v) is 4.82. The molecule has 6 amide bonds. The lowest BCUT2D eigenvalue weighted by Gasteiger charge is -2.26. The number of hydrogen-bond acceptors (Lipinski definition) is 16. The maximum Gasteiger partial charge on any atom is 0.412 e. The number of carbonyl (C=O) groups is 7. The van der Waals surface area contributed by atoms with Crippen molar-refractivity contribution in [1.82, 2.24) is 29.8 Å². The van der Waals surface area contributed by atoms with Crippen LogP contribution in [-0.4, -0.2) is 225 Å². The molecule has 0 fully saturated rings. The molecule has 0 aromatic heterocycles. The summed E-state index contributed by atoms with van der Waals surface area (Å²) in [5.74, 6) is -2.80. The fourth-order valence-electron chi connectivity index (χ4n) is 4.82. The minimum absolute atomic E-state index is 0.0599. The topological polar surface area (TPSA) is 295 Å². The second-order valence-corrected chi connectivity index (χ2v) is 13.7. The zero-order valence-electron chi connectivity index (χ0n) is 38.7. The Bertz CT molecular complexity index is 1700. The van der Waals surface area contributed by atoms with Crippen LogP contribution in [0.2, 0.25) is 0 Å². The van der Waals surface area contributed by atoms with Gasteiger partial charge in [0, 0.05) is 84.8 Å². The van der Waals surface area contributed by atoms with Crippen LogP contribution in [0.4, 0.5) is 14.9 Å². The van der Waals surface area contributed by atoms with Crippen LogP contribution in [0, 0.1) is 10.1 Å². The summed E-state index contributed by atoms with van der Waals surface area (Å²) in [6, 6.07) is 4.82. The highest BCUT2D eigenvalue weighted by atomic mass is 19.1. The Morgan fingerprint density at radius 1 is 0.662 bits per heavy atom. The molecule has 0 unspecified atom stereocenters. The van der Waals surface area contributed by atoms with E-state index in [4.69, 9.17) is 35.3 Å². The average Bonchev–Trinajstić information content (AvgIpc) is 3.27. The number of nitrogens with zero attached hydrogens (tertiary/aromatic N) is 9. The lowest BCUT2D eigenvalue weighted by atomic mass is 10.2. The number of halogens is 1. The predicted octanol–water partition coefficient (Wildman–Crippen LogP) is 0.694. The SMILES string of the molecule is CN(CC(=O)CCCOCCOCCOCCOCCOCCN=[N+]=[N-])C(=O)CN(C)C(=O)CN(C)C(=O)CN(C)C(=O)CN(C)C(=O)CCNC(=O)Oc1ccc([N+](=O)[O-])cc1.[2H]CF. The molecule has 25 nitrogen and oxygen atoms in total. The maximum atomic E-state index is 12.8. The van der Waals surface area contributed by atoms with Gasteiger partial charge in [-0.3, -0.25) is 43.3 Å². The summed E-state index contributed by atoms with van der Waals surface area (Å²) in [5, 5.41) is 16.5. The number of nitrogens with one attached hydrogen (secondary N) is 1. The number of benzene rings is 1. The second kappa shape index (κ2) is 36.3. The van der Waals surface area contributed by atoms with E-state index in [1.165, 1.54) is 64.4 Å². The Balaban J connectivity index is 0.0000137. The van der Waals surface area contributed by atoms with E-state index in [9.17, 15) is 48.1 Å². The number of Topliss-reactive ketones (excluding diaryl/α,β-unsaturated/α-hetero) is 1. The van der Waals surface area contributed by atoms with Crippen LogP contribution in [0.25, 0.3) is 10.4 Å². The van der Waals surface area contributed by atoms with E-state index in [2.05, 4.69) is 15.3 Å². The summed E-state index contributed by atoms with van der Waals surface area (Å²) in [5.41, 5.74) is 7.99. The number of carbonyl (C=O) groups excluding carboxylic acids is 7. The van der Waals surface area contributed by atoms with Gasteiger partial charge in [0.2, 0.25) is 29.5 Å². The molecule has 0 bridgehead atoms. The summed E-state index contributed by atoms with van der Waals surface area (Å²) in [7, 11) is 5.92. The largest absolute Gasteiger partial charge is 0.412 e. The molecule has 0 saturated heterocycles. The molecule has 0 aliphatic rings. The van der Waals surface area contributed by atoms with E-state index in [1.54, 1.807) is 0 Å². The molecule has 1 rings (SSSR count). The molecule has 0 spiro atoms. The van der Waals surface area contributed by atoms with E-state index in [1.807, 2.05) is 0 Å². The fraction of sp³-hybridized carbons (Fsp3) is 0.667. The number of nitro groups is 1. The Labute approximate surface area is 378 Å². The standard InChI is InChI=1S/C38H60N10O15.CH3F/c1-43(25-31(49)7-6-15-58-17-19-60-21-23-62-24-22-61-20-18-59-16-14-41-42-39)34(51)27-45(3)36(53)29-47(5)37(54)28-46(4)35(52)26-44(2)33(50)12-13-40-38(55)63-32-10-8-30(9-11-32)48(56)57;1-2/h8-11H,6-7,12-29H2,1-5H3,(H,40,55);1H3/i;1D. The number of amides is 6. The Kier molecular flexibility index (Phi) is 31.8. The molecule has 0 aliphatic heterocycles. The lowest BCUT2D eigenvalue weighted by Crippen LogP contribution is -2.47. The molecule has 0 heterocycles. The maximum absolute atomic E-state index is 12.8. The van der Waals surface area contributed by atoms with Crippen LogP contribution in [0.5, 0.6) is 5.75 Å². The van der Waals surface area contributed by atoms with Crippen molar-refractivity contribution in [3.8, 4) is 5.75 Å². The minimum atomic E-state index is -1.00. The van der Waals surface area contributed by atoms with Gasteiger partial charge in [0.1, 0.15) is 5.75 Å². The highest BCUT2D eigenvalue weighted by Gasteiger charge is 2.23. The first kappa shape index (κ1) is 57.0. The lowest BCUT2D eigenvalue weighted by molar-refractivity contribution is -0.384. The molecular formula is C39H63FN10O15. The number of likely N-dealkylation sites (N-methyl/N-ethyl adjacent to an activating group) is 5. The first-order chi connectivity index (χ1) is 31.5. The zero-order chi connectivity index (χ0) is 49.7. The van der Waals surface area contributed by atoms with Crippen molar-refractivity contribution in [3.05, 3.63) is 44.8 Å². The average molecular weight is 932 g/mol. The smallest absolute Gasteiger partial charge is 0.410 e. The van der Waals surface area contributed by atoms with Gasteiger partial charge in [-0.1, -0.05) is 5.11 Å². The van der Waals surface area contributed by atoms with Gasteiger partial charge in [-0.2, -0.15) is 0 Å². The molecule has 0 saturated carbocycles. The molecule has 1 aromatic carbocycles. The summed E-state index contributed by atoms with van der Waals surface area (Å²) >= 11 is 0. The van der Waals surface area contributed by atoms with Crippen LogP contribution in [0.3, 0.4) is 0 Å². The molecule has 0 atom stereocenters. The normalized spacial score (nSPS) is 10.5. The molecular weight excluding hydrogens is 867 g/mol. The summed E-state index contributed by atoms with van der Waals surface area (Å²) < 4.78 is 47.4. The highest BCUT2D eigenvalue weighted by Crippen LogP contribution is 2.17. The molecule has 1 aromatic rings. The van der Waals surface area contributed by atoms with Crippen molar-refractivity contribution in [3.63, 3.8) is 0 Å². The van der Waals surface area contributed by atoms with Gasteiger partial charge in [-0.15, -0.1) is 0 Å². The summed E-state index contributed by atoms with van der Waals surface area (Å²) in [6.45, 7) is 2.29. The van der Waals surface area contributed by atoms with Gasteiger partial charge in [0.05, 0.1) is 106 Å². The monoisotopic (exact) mass is 931 g/mol. The van der Waals surface area contributed by atoms with Crippen LogP contribution < -0.4 is 10.1 Å². The van der Waals surface area contributed by atoms with Crippen molar-refractivity contribution in [2.24, 2.45) is 5.11 Å². The van der Waals surface area contributed by atoms with Gasteiger partial charge in [0.15, 0.2) is 5.78 Å². The predicted molar refractivity (Wildman–Crippen MR) is 229 cm³/mol. The van der Waals surface area contributed by atoms with Crippen molar-refractivity contribution in [2.75, 3.05) is 154 Å². The quantitative estimate of drug-likeness (QED) is 0.0248. The zero-order valence-corrected chi connectivity index (χ0v) is 37.7. The number of non-ortho nitro benzene ring substituents is 1. The van der Waals surface area contributed by atoms with Crippen molar-refractivity contribution in [1.29, 1.82) is 0 Å². The van der Waals surface area contributed by atoms with Crippen LogP contribution in [-0.2, 0) is 52.5 Å². The van der Waals surface area contributed by atoms with E-state index in [-0.39, 0.29) is 69.3 Å². The minimum Gasteiger partial charge on any atom is -0.410 e. The third kappa shape index (κ3) is 29.1. The molecule has 1 N–H and O–H groups in total. The van der Waals surface area contributed by atoms with E-state index >= 15 is 0 Å². The second-order valence-electron chi connectivity index (χ2n) is 13.7. The van der Waals surface area contributed by atoms with Crippen molar-refractivity contribution >= 4 is 47.1 Å². The molecule has 65 heavy (non-hydrogen) atoms. The van der Waals surface area contributed by atoms with Gasteiger partial charge in [0.25, 0.3) is 5.69 Å². The van der Waals surface area contributed by atoms with Crippen LogP contribution >= 0.6 is 0 Å². The van der Waals surface area contributed by atoms with Crippen molar-refractivity contribution in [2.45, 2.75) is 19.3 Å². The third-order valence-corrected chi connectivity index (χ3v) is 8.53. The Morgan fingerprint density at radius 2 is 1.05 bits per heavy atom. The van der Waals surface area contributed by atoms with Gasteiger partial charge in [-0.25, -0.2) is 4.79 Å². The van der Waals surface area contributed by atoms with E-state index in [0.717, 1.165) is 19.6 Å². The van der Waals surface area contributed by atoms with Gasteiger partial charge in [-0.05, 0) is 24.1 Å². The van der Waals surface area contributed by atoms with Crippen LogP contribution in [0.15, 0.2) is 29.4 Å². The number of ketones is 1. The Morgan fingerprint density at radius 3 is 1.46 bits per heavy atom. The summed E-state index contributed by atoms with van der Waals surface area (Å²) in [6.07, 6.45) is -0.429. The van der Waals surface area contributed by atoms with E-state index in [0.29, 0.717) is 72.5 Å². The number of ether oxygens (including phenoxy) is 6. The molecule has 0 aliphatic carbocycles. The third-order valence-electron chi connectivity index (χ3n) is 8.53. The molecule has 366 valence electrons. The highest BCUT2D eigenvalue weighted by molar-refractivity contribution is 5.92. The number of azide groups is 1. The number of hydrogen-bond donors (Lipinski definition) is 1. The molecule has 0 radical (unpaired) electrons. The Hall–Kier alpha value is -6.05. The number of alkyl halides is 1.